The monoisotopic (exact) mass is 281 g/mol. The lowest BCUT2D eigenvalue weighted by atomic mass is 9.99. The number of nitrogens with two attached hydrogens (primary N) is 1. The maximum Gasteiger partial charge on any atom is 0.119 e. The largest absolute Gasteiger partial charge is 0.497 e. The minimum atomic E-state index is 0. The van der Waals surface area contributed by atoms with Crippen molar-refractivity contribution in [2.75, 3.05) is 7.11 Å². The molecule has 0 aliphatic heterocycles. The van der Waals surface area contributed by atoms with Crippen LogP contribution in [0.3, 0.4) is 0 Å². The lowest BCUT2D eigenvalue weighted by Crippen LogP contribution is -2.07. The first kappa shape index (κ1) is 16.1. The van der Waals surface area contributed by atoms with Crippen molar-refractivity contribution in [3.63, 3.8) is 0 Å². The lowest BCUT2D eigenvalue weighted by molar-refractivity contribution is 0.414. The Kier molecular flexibility index (Phi) is 6.40. The van der Waals surface area contributed by atoms with E-state index in [-0.39, 0.29) is 18.4 Å². The Morgan fingerprint density at radius 2 is 2.00 bits per heavy atom. The number of ether oxygens (including phenoxy) is 1. The normalized spacial score (nSPS) is 17.4. The standard InChI is InChI=1S/C16H23NO.ClH/c1-12(17)16-10-9-15(18-2)11-14(16)8-7-13-5-3-4-6-13;/h7-13H,3-6,17H2,1-2H3;1H/b8-7+;/t12-;/m0./s1. The van der Waals surface area contributed by atoms with Crippen LogP contribution >= 0.6 is 12.4 Å². The molecule has 2 rings (SSSR count). The van der Waals surface area contributed by atoms with Gasteiger partial charge >= 0.3 is 0 Å². The van der Waals surface area contributed by atoms with Crippen molar-refractivity contribution in [3.8, 4) is 5.75 Å². The molecule has 0 aromatic heterocycles. The molecule has 1 aromatic carbocycles. The average Bonchev–Trinajstić information content (AvgIpc) is 2.88. The van der Waals surface area contributed by atoms with E-state index in [1.807, 2.05) is 13.0 Å². The fraction of sp³-hybridized carbons (Fsp3) is 0.500. The average molecular weight is 282 g/mol. The zero-order chi connectivity index (χ0) is 13.0. The maximum atomic E-state index is 6.02. The summed E-state index contributed by atoms with van der Waals surface area (Å²) in [6.45, 7) is 2.02. The van der Waals surface area contributed by atoms with E-state index in [0.717, 1.165) is 11.7 Å². The number of benzene rings is 1. The van der Waals surface area contributed by atoms with Crippen molar-refractivity contribution in [1.29, 1.82) is 0 Å². The van der Waals surface area contributed by atoms with Crippen molar-refractivity contribution in [2.24, 2.45) is 11.7 Å². The predicted octanol–water partition coefficient (Wildman–Crippen LogP) is 4.34. The zero-order valence-corrected chi connectivity index (χ0v) is 12.6. The zero-order valence-electron chi connectivity index (χ0n) is 11.8. The van der Waals surface area contributed by atoms with Crippen LogP contribution in [0.2, 0.25) is 0 Å². The molecule has 0 spiro atoms. The summed E-state index contributed by atoms with van der Waals surface area (Å²) in [4.78, 5) is 0. The van der Waals surface area contributed by atoms with Gasteiger partial charge in [-0.25, -0.2) is 0 Å². The molecule has 106 valence electrons. The fourth-order valence-corrected chi connectivity index (χ4v) is 2.63. The third-order valence-electron chi connectivity index (χ3n) is 3.73. The fourth-order valence-electron chi connectivity index (χ4n) is 2.63. The highest BCUT2D eigenvalue weighted by molar-refractivity contribution is 5.85. The van der Waals surface area contributed by atoms with Crippen LogP contribution in [0.25, 0.3) is 6.08 Å². The summed E-state index contributed by atoms with van der Waals surface area (Å²) in [6, 6.07) is 6.17. The topological polar surface area (TPSA) is 35.2 Å². The molecular formula is C16H24ClNO. The summed E-state index contributed by atoms with van der Waals surface area (Å²) in [5, 5.41) is 0. The smallest absolute Gasteiger partial charge is 0.119 e. The SMILES string of the molecule is COc1ccc([C@H](C)N)c(/C=C/C2CCCC2)c1.Cl. The first-order valence-electron chi connectivity index (χ1n) is 6.82. The van der Waals surface area contributed by atoms with Gasteiger partial charge in [0.1, 0.15) is 5.75 Å². The van der Waals surface area contributed by atoms with Crippen molar-refractivity contribution < 1.29 is 4.74 Å². The molecule has 1 aromatic rings. The molecule has 2 nitrogen and oxygen atoms in total. The first-order chi connectivity index (χ1) is 8.70. The van der Waals surface area contributed by atoms with Crippen LogP contribution in [0.4, 0.5) is 0 Å². The van der Waals surface area contributed by atoms with E-state index in [2.05, 4.69) is 24.3 Å². The molecule has 1 aliphatic rings. The van der Waals surface area contributed by atoms with Gasteiger partial charge in [0.05, 0.1) is 7.11 Å². The highest BCUT2D eigenvalue weighted by atomic mass is 35.5. The molecule has 0 bridgehead atoms. The molecule has 1 atom stereocenters. The van der Waals surface area contributed by atoms with Crippen LogP contribution in [0.5, 0.6) is 5.75 Å². The van der Waals surface area contributed by atoms with Crippen molar-refractivity contribution in [3.05, 3.63) is 35.4 Å². The predicted molar refractivity (Wildman–Crippen MR) is 83.8 cm³/mol. The highest BCUT2D eigenvalue weighted by Crippen LogP contribution is 2.28. The minimum absolute atomic E-state index is 0. The number of halogens is 1. The Labute approximate surface area is 122 Å². The number of rotatable bonds is 4. The molecule has 0 saturated heterocycles. The lowest BCUT2D eigenvalue weighted by Gasteiger charge is -2.12. The summed E-state index contributed by atoms with van der Waals surface area (Å²) in [5.41, 5.74) is 8.39. The second-order valence-electron chi connectivity index (χ2n) is 5.19. The molecule has 0 unspecified atom stereocenters. The summed E-state index contributed by atoms with van der Waals surface area (Å²) in [6.07, 6.45) is 9.95. The molecule has 2 N–H and O–H groups in total. The molecule has 1 aliphatic carbocycles. The van der Waals surface area contributed by atoms with Gasteiger partial charge in [0, 0.05) is 6.04 Å². The number of hydrogen-bond acceptors (Lipinski definition) is 2. The van der Waals surface area contributed by atoms with Crippen LogP contribution in [0.15, 0.2) is 24.3 Å². The second kappa shape index (κ2) is 7.56. The highest BCUT2D eigenvalue weighted by Gasteiger charge is 2.12. The molecule has 0 heterocycles. The van der Waals surface area contributed by atoms with E-state index in [9.17, 15) is 0 Å². The Hall–Kier alpha value is -0.990. The summed E-state index contributed by atoms with van der Waals surface area (Å²) >= 11 is 0. The minimum Gasteiger partial charge on any atom is -0.497 e. The van der Waals surface area contributed by atoms with Gasteiger partial charge in [-0.15, -0.1) is 12.4 Å². The summed E-state index contributed by atoms with van der Waals surface area (Å²) in [5.74, 6) is 1.64. The van der Waals surface area contributed by atoms with E-state index in [1.54, 1.807) is 7.11 Å². The Bertz CT molecular complexity index is 423. The van der Waals surface area contributed by atoms with Gasteiger partial charge in [0.2, 0.25) is 0 Å². The third-order valence-corrected chi connectivity index (χ3v) is 3.73. The summed E-state index contributed by atoms with van der Waals surface area (Å²) < 4.78 is 5.29. The molecule has 1 saturated carbocycles. The van der Waals surface area contributed by atoms with E-state index >= 15 is 0 Å². The Morgan fingerprint density at radius 3 is 2.58 bits per heavy atom. The Morgan fingerprint density at radius 1 is 1.32 bits per heavy atom. The van der Waals surface area contributed by atoms with E-state index in [4.69, 9.17) is 10.5 Å². The third kappa shape index (κ3) is 4.26. The maximum absolute atomic E-state index is 6.02. The van der Waals surface area contributed by atoms with Crippen LogP contribution in [0, 0.1) is 5.92 Å². The molecule has 1 fully saturated rings. The van der Waals surface area contributed by atoms with Crippen LogP contribution in [0.1, 0.15) is 49.8 Å². The van der Waals surface area contributed by atoms with Gasteiger partial charge in [-0.2, -0.15) is 0 Å². The van der Waals surface area contributed by atoms with Gasteiger partial charge in [-0.1, -0.05) is 31.1 Å². The van der Waals surface area contributed by atoms with Gasteiger partial charge in [0.15, 0.2) is 0 Å². The number of hydrogen-bond donors (Lipinski definition) is 1. The summed E-state index contributed by atoms with van der Waals surface area (Å²) in [7, 11) is 1.70. The quantitative estimate of drug-likeness (QED) is 0.891. The van der Waals surface area contributed by atoms with Gasteiger partial charge in [0.25, 0.3) is 0 Å². The first-order valence-corrected chi connectivity index (χ1v) is 6.82. The molecule has 3 heteroatoms. The van der Waals surface area contributed by atoms with Gasteiger partial charge in [-0.05, 0) is 48.9 Å². The van der Waals surface area contributed by atoms with Crippen LogP contribution < -0.4 is 10.5 Å². The van der Waals surface area contributed by atoms with Crippen LogP contribution in [-0.4, -0.2) is 7.11 Å². The Balaban J connectivity index is 0.00000180. The van der Waals surface area contributed by atoms with E-state index in [1.165, 1.54) is 36.8 Å². The number of methoxy groups -OCH3 is 1. The molecule has 0 radical (unpaired) electrons. The molecule has 19 heavy (non-hydrogen) atoms. The van der Waals surface area contributed by atoms with E-state index < -0.39 is 0 Å². The van der Waals surface area contributed by atoms with Crippen molar-refractivity contribution in [1.82, 2.24) is 0 Å². The van der Waals surface area contributed by atoms with Crippen molar-refractivity contribution >= 4 is 18.5 Å². The molecule has 0 amide bonds. The molecular weight excluding hydrogens is 258 g/mol. The van der Waals surface area contributed by atoms with Gasteiger partial charge in [-0.3, -0.25) is 0 Å². The number of allylic oxidation sites excluding steroid dienone is 1. The van der Waals surface area contributed by atoms with Crippen molar-refractivity contribution in [2.45, 2.75) is 38.6 Å². The van der Waals surface area contributed by atoms with Crippen LogP contribution in [-0.2, 0) is 0 Å². The van der Waals surface area contributed by atoms with E-state index in [0.29, 0.717) is 0 Å². The second-order valence-corrected chi connectivity index (χ2v) is 5.19. The van der Waals surface area contributed by atoms with Gasteiger partial charge < -0.3 is 10.5 Å².